The highest BCUT2D eigenvalue weighted by atomic mass is 16.5. The highest BCUT2D eigenvalue weighted by Crippen LogP contribution is 2.13. The number of morpholine rings is 1. The van der Waals surface area contributed by atoms with Crippen molar-refractivity contribution < 1.29 is 14.6 Å². The highest BCUT2D eigenvalue weighted by molar-refractivity contribution is 5.34. The third kappa shape index (κ3) is 5.01. The second-order valence-corrected chi connectivity index (χ2v) is 5.58. The first kappa shape index (κ1) is 15.8. The fraction of sp³-hybridized carbons (Fsp3) is 0.562. The van der Waals surface area contributed by atoms with Gasteiger partial charge in [-0.25, -0.2) is 0 Å². The van der Waals surface area contributed by atoms with E-state index in [1.54, 1.807) is 24.3 Å². The standard InChI is InChI=1S/C16H22N2O3/c1-12-8-18(9-13(2)21-12)10-15(19)11-20-16-5-3-14(7-17)4-6-16/h3-6,12-13,15,19H,8-11H2,1-2H3. The van der Waals surface area contributed by atoms with Crippen molar-refractivity contribution in [1.29, 1.82) is 5.26 Å². The summed E-state index contributed by atoms with van der Waals surface area (Å²) in [6.07, 6.45) is -0.154. The molecule has 0 radical (unpaired) electrons. The minimum absolute atomic E-state index is 0.195. The Labute approximate surface area is 125 Å². The van der Waals surface area contributed by atoms with Crippen molar-refractivity contribution >= 4 is 0 Å². The van der Waals surface area contributed by atoms with Gasteiger partial charge in [0.2, 0.25) is 0 Å². The predicted molar refractivity (Wildman–Crippen MR) is 79.1 cm³/mol. The molecule has 1 aliphatic rings. The number of aliphatic hydroxyl groups is 1. The smallest absolute Gasteiger partial charge is 0.119 e. The molecule has 0 aromatic heterocycles. The van der Waals surface area contributed by atoms with E-state index in [9.17, 15) is 5.11 Å². The van der Waals surface area contributed by atoms with Gasteiger partial charge in [0.05, 0.1) is 23.8 Å². The lowest BCUT2D eigenvalue weighted by molar-refractivity contribution is -0.0786. The van der Waals surface area contributed by atoms with Crippen LogP contribution in [0.25, 0.3) is 0 Å². The van der Waals surface area contributed by atoms with Crippen molar-refractivity contribution in [3.8, 4) is 11.8 Å². The van der Waals surface area contributed by atoms with Crippen LogP contribution in [0.5, 0.6) is 5.75 Å². The maximum absolute atomic E-state index is 10.1. The van der Waals surface area contributed by atoms with Crippen molar-refractivity contribution in [2.75, 3.05) is 26.2 Å². The summed E-state index contributed by atoms with van der Waals surface area (Å²) in [5.41, 5.74) is 0.596. The molecule has 3 unspecified atom stereocenters. The lowest BCUT2D eigenvalue weighted by atomic mass is 10.2. The minimum Gasteiger partial charge on any atom is -0.491 e. The van der Waals surface area contributed by atoms with Crippen molar-refractivity contribution in [3.05, 3.63) is 29.8 Å². The molecule has 2 rings (SSSR count). The molecule has 3 atom stereocenters. The first-order chi connectivity index (χ1) is 10.1. The van der Waals surface area contributed by atoms with E-state index in [2.05, 4.69) is 11.0 Å². The molecule has 0 aliphatic carbocycles. The van der Waals surface area contributed by atoms with Crippen molar-refractivity contribution in [1.82, 2.24) is 4.90 Å². The second-order valence-electron chi connectivity index (χ2n) is 5.58. The molecule has 5 nitrogen and oxygen atoms in total. The fourth-order valence-electron chi connectivity index (χ4n) is 2.60. The number of ether oxygens (including phenoxy) is 2. The summed E-state index contributed by atoms with van der Waals surface area (Å²) in [5, 5.41) is 18.8. The SMILES string of the molecule is CC1CN(CC(O)COc2ccc(C#N)cc2)CC(C)O1. The third-order valence-electron chi connectivity index (χ3n) is 3.39. The molecule has 1 N–H and O–H groups in total. The van der Waals surface area contributed by atoms with E-state index < -0.39 is 6.10 Å². The lowest BCUT2D eigenvalue weighted by Crippen LogP contribution is -2.48. The topological polar surface area (TPSA) is 65.7 Å². The van der Waals surface area contributed by atoms with Crippen LogP contribution >= 0.6 is 0 Å². The van der Waals surface area contributed by atoms with Gasteiger partial charge in [0.25, 0.3) is 0 Å². The van der Waals surface area contributed by atoms with Crippen LogP contribution in [0.1, 0.15) is 19.4 Å². The van der Waals surface area contributed by atoms with Crippen LogP contribution in [0.3, 0.4) is 0 Å². The number of rotatable bonds is 5. The number of hydrogen-bond donors (Lipinski definition) is 1. The number of aliphatic hydroxyl groups excluding tert-OH is 1. The maximum Gasteiger partial charge on any atom is 0.119 e. The Balaban J connectivity index is 1.76. The summed E-state index contributed by atoms with van der Waals surface area (Å²) in [6.45, 7) is 6.57. The fourth-order valence-corrected chi connectivity index (χ4v) is 2.60. The summed E-state index contributed by atoms with van der Waals surface area (Å²) in [5.74, 6) is 0.664. The summed E-state index contributed by atoms with van der Waals surface area (Å²) in [6, 6.07) is 8.94. The van der Waals surface area contributed by atoms with Crippen LogP contribution in [-0.4, -0.2) is 54.6 Å². The number of benzene rings is 1. The summed E-state index contributed by atoms with van der Waals surface area (Å²) < 4.78 is 11.2. The first-order valence-corrected chi connectivity index (χ1v) is 7.25. The number of nitriles is 1. The van der Waals surface area contributed by atoms with E-state index >= 15 is 0 Å². The third-order valence-corrected chi connectivity index (χ3v) is 3.39. The van der Waals surface area contributed by atoms with E-state index in [0.29, 0.717) is 17.9 Å². The van der Waals surface area contributed by atoms with Crippen molar-refractivity contribution in [2.45, 2.75) is 32.2 Å². The maximum atomic E-state index is 10.1. The molecule has 0 bridgehead atoms. The summed E-state index contributed by atoms with van der Waals surface area (Å²) in [4.78, 5) is 2.20. The second kappa shape index (κ2) is 7.41. The molecule has 1 saturated heterocycles. The zero-order chi connectivity index (χ0) is 15.2. The van der Waals surface area contributed by atoms with Crippen LogP contribution < -0.4 is 4.74 Å². The average Bonchev–Trinajstić information content (AvgIpc) is 2.44. The Bertz CT molecular complexity index is 473. The molecule has 0 amide bonds. The summed E-state index contributed by atoms with van der Waals surface area (Å²) >= 11 is 0. The van der Waals surface area contributed by atoms with Gasteiger partial charge in [0.15, 0.2) is 0 Å². The zero-order valence-corrected chi connectivity index (χ0v) is 12.5. The van der Waals surface area contributed by atoms with Crippen molar-refractivity contribution in [2.24, 2.45) is 0 Å². The Hall–Kier alpha value is -1.61. The van der Waals surface area contributed by atoms with Gasteiger partial charge in [-0.2, -0.15) is 5.26 Å². The van der Waals surface area contributed by atoms with Gasteiger partial charge in [0.1, 0.15) is 18.5 Å². The largest absolute Gasteiger partial charge is 0.491 e. The lowest BCUT2D eigenvalue weighted by Gasteiger charge is -2.36. The van der Waals surface area contributed by atoms with E-state index in [0.717, 1.165) is 13.1 Å². The molecular weight excluding hydrogens is 268 g/mol. The normalized spacial score (nSPS) is 24.3. The molecule has 1 aromatic carbocycles. The van der Waals surface area contributed by atoms with Gasteiger partial charge in [0, 0.05) is 19.6 Å². The Morgan fingerprint density at radius 2 is 1.95 bits per heavy atom. The van der Waals surface area contributed by atoms with E-state index in [-0.39, 0.29) is 18.8 Å². The molecule has 1 fully saturated rings. The van der Waals surface area contributed by atoms with Gasteiger partial charge in [-0.1, -0.05) is 0 Å². The molecule has 21 heavy (non-hydrogen) atoms. The molecule has 1 heterocycles. The van der Waals surface area contributed by atoms with Crippen LogP contribution in [0, 0.1) is 11.3 Å². The predicted octanol–water partition coefficient (Wildman–Crippen LogP) is 1.41. The molecule has 114 valence electrons. The first-order valence-electron chi connectivity index (χ1n) is 7.25. The molecule has 0 spiro atoms. The molecule has 1 aromatic rings. The quantitative estimate of drug-likeness (QED) is 0.888. The molecule has 0 saturated carbocycles. The molecule has 1 aliphatic heterocycles. The zero-order valence-electron chi connectivity index (χ0n) is 12.5. The monoisotopic (exact) mass is 290 g/mol. The minimum atomic E-state index is -0.543. The van der Waals surface area contributed by atoms with Crippen LogP contribution in [0.4, 0.5) is 0 Å². The van der Waals surface area contributed by atoms with Gasteiger partial charge in [-0.3, -0.25) is 4.90 Å². The summed E-state index contributed by atoms with van der Waals surface area (Å²) in [7, 11) is 0. The Kier molecular flexibility index (Phi) is 5.57. The number of hydrogen-bond acceptors (Lipinski definition) is 5. The molecule has 5 heteroatoms. The van der Waals surface area contributed by atoms with Gasteiger partial charge in [-0.15, -0.1) is 0 Å². The average molecular weight is 290 g/mol. The van der Waals surface area contributed by atoms with Crippen LogP contribution in [-0.2, 0) is 4.74 Å². The van der Waals surface area contributed by atoms with Gasteiger partial charge >= 0.3 is 0 Å². The van der Waals surface area contributed by atoms with Crippen LogP contribution in [0.15, 0.2) is 24.3 Å². The van der Waals surface area contributed by atoms with Crippen molar-refractivity contribution in [3.63, 3.8) is 0 Å². The molecular formula is C16H22N2O3. The number of β-amino-alcohol motifs (C(OH)–C–C–N with tert-alkyl or cyclic N) is 1. The van der Waals surface area contributed by atoms with Gasteiger partial charge in [-0.05, 0) is 38.1 Å². The number of nitrogens with zero attached hydrogens (tertiary/aromatic N) is 2. The van der Waals surface area contributed by atoms with Gasteiger partial charge < -0.3 is 14.6 Å². The van der Waals surface area contributed by atoms with E-state index in [1.807, 2.05) is 13.8 Å². The Morgan fingerprint density at radius 3 is 2.52 bits per heavy atom. The van der Waals surface area contributed by atoms with E-state index in [4.69, 9.17) is 14.7 Å². The Morgan fingerprint density at radius 1 is 1.33 bits per heavy atom. The van der Waals surface area contributed by atoms with E-state index in [1.165, 1.54) is 0 Å². The highest BCUT2D eigenvalue weighted by Gasteiger charge is 2.23. The van der Waals surface area contributed by atoms with Crippen LogP contribution in [0.2, 0.25) is 0 Å².